The number of hydrogen-bond acceptors (Lipinski definition) is 5. The van der Waals surface area contributed by atoms with Gasteiger partial charge in [0.15, 0.2) is 5.65 Å². The van der Waals surface area contributed by atoms with E-state index in [-0.39, 0.29) is 11.3 Å². The standard InChI is InChI=1S/C22H13F2N5/c23-16-4-1-5-17(24)19(16)18-11-15(14-3-2-8-28-22(14)29-18)20-12-6-10-27-21(25)13(12)7-9-26-20/h1-11H,(H2,25,27). The summed E-state index contributed by atoms with van der Waals surface area (Å²) in [6.07, 6.45) is 4.81. The van der Waals surface area contributed by atoms with E-state index >= 15 is 0 Å². The Kier molecular flexibility index (Phi) is 3.87. The van der Waals surface area contributed by atoms with Crippen LogP contribution in [0.4, 0.5) is 14.6 Å². The van der Waals surface area contributed by atoms with Crippen molar-refractivity contribution in [3.8, 4) is 22.5 Å². The predicted molar refractivity (Wildman–Crippen MR) is 108 cm³/mol. The number of fused-ring (bicyclic) bond motifs is 2. The third kappa shape index (κ3) is 2.75. The summed E-state index contributed by atoms with van der Waals surface area (Å²) in [7, 11) is 0. The lowest BCUT2D eigenvalue weighted by molar-refractivity contribution is 0.589. The van der Waals surface area contributed by atoms with Gasteiger partial charge in [-0.15, -0.1) is 0 Å². The van der Waals surface area contributed by atoms with Gasteiger partial charge in [0, 0.05) is 40.3 Å². The van der Waals surface area contributed by atoms with Gasteiger partial charge in [-0.25, -0.2) is 23.7 Å². The van der Waals surface area contributed by atoms with Crippen LogP contribution in [-0.4, -0.2) is 19.9 Å². The molecule has 0 fully saturated rings. The van der Waals surface area contributed by atoms with Crippen molar-refractivity contribution in [3.05, 3.63) is 78.8 Å². The molecule has 0 bridgehead atoms. The van der Waals surface area contributed by atoms with E-state index in [2.05, 4.69) is 19.9 Å². The highest BCUT2D eigenvalue weighted by atomic mass is 19.1. The van der Waals surface area contributed by atoms with Crippen LogP contribution in [0, 0.1) is 11.6 Å². The number of halogens is 2. The van der Waals surface area contributed by atoms with Crippen molar-refractivity contribution < 1.29 is 8.78 Å². The van der Waals surface area contributed by atoms with Crippen molar-refractivity contribution in [1.29, 1.82) is 0 Å². The normalized spacial score (nSPS) is 11.2. The topological polar surface area (TPSA) is 77.6 Å². The van der Waals surface area contributed by atoms with Crippen LogP contribution in [0.5, 0.6) is 0 Å². The lowest BCUT2D eigenvalue weighted by atomic mass is 9.99. The van der Waals surface area contributed by atoms with E-state index in [1.54, 1.807) is 42.9 Å². The van der Waals surface area contributed by atoms with E-state index in [1.807, 2.05) is 6.07 Å². The maximum atomic E-state index is 14.4. The molecule has 0 saturated carbocycles. The maximum absolute atomic E-state index is 14.4. The summed E-state index contributed by atoms with van der Waals surface area (Å²) in [6.45, 7) is 0. The third-order valence-electron chi connectivity index (χ3n) is 4.78. The fourth-order valence-corrected chi connectivity index (χ4v) is 3.47. The number of hydrogen-bond donors (Lipinski definition) is 1. The van der Waals surface area contributed by atoms with Gasteiger partial charge in [0.1, 0.15) is 17.5 Å². The van der Waals surface area contributed by atoms with Crippen molar-refractivity contribution in [2.45, 2.75) is 0 Å². The molecule has 29 heavy (non-hydrogen) atoms. The zero-order valence-corrected chi connectivity index (χ0v) is 15.0. The number of rotatable bonds is 2. The van der Waals surface area contributed by atoms with Gasteiger partial charge in [0.25, 0.3) is 0 Å². The number of nitrogens with two attached hydrogens (primary N) is 1. The van der Waals surface area contributed by atoms with Gasteiger partial charge < -0.3 is 5.73 Å². The summed E-state index contributed by atoms with van der Waals surface area (Å²) in [5.74, 6) is -1.01. The fraction of sp³-hybridized carbons (Fsp3) is 0. The highest BCUT2D eigenvalue weighted by Gasteiger charge is 2.18. The molecule has 0 saturated heterocycles. The summed E-state index contributed by atoms with van der Waals surface area (Å²) in [5, 5.41) is 2.23. The smallest absolute Gasteiger partial charge is 0.160 e. The van der Waals surface area contributed by atoms with Crippen molar-refractivity contribution in [3.63, 3.8) is 0 Å². The summed E-state index contributed by atoms with van der Waals surface area (Å²) in [6, 6.07) is 12.5. The molecule has 140 valence electrons. The average molecular weight is 385 g/mol. The number of pyridine rings is 4. The second-order valence-electron chi connectivity index (χ2n) is 6.48. The molecule has 2 N–H and O–H groups in total. The van der Waals surface area contributed by atoms with Crippen molar-refractivity contribution in [1.82, 2.24) is 19.9 Å². The van der Waals surface area contributed by atoms with Crippen molar-refractivity contribution >= 4 is 27.6 Å². The molecule has 5 aromatic rings. The molecule has 4 aromatic heterocycles. The predicted octanol–water partition coefficient (Wildman–Crippen LogP) is 4.77. The molecule has 7 heteroatoms. The van der Waals surface area contributed by atoms with Crippen LogP contribution in [0.2, 0.25) is 0 Å². The Bertz CT molecular complexity index is 1380. The Balaban J connectivity index is 1.89. The van der Waals surface area contributed by atoms with Crippen LogP contribution in [0.3, 0.4) is 0 Å². The van der Waals surface area contributed by atoms with Crippen molar-refractivity contribution in [2.24, 2.45) is 0 Å². The molecule has 5 rings (SSSR count). The Morgan fingerprint density at radius 1 is 0.724 bits per heavy atom. The van der Waals surface area contributed by atoms with E-state index in [0.29, 0.717) is 28.1 Å². The molecule has 1 aromatic carbocycles. The van der Waals surface area contributed by atoms with Gasteiger partial charge in [-0.1, -0.05) is 6.07 Å². The molecule has 4 heterocycles. The van der Waals surface area contributed by atoms with Gasteiger partial charge in [0.05, 0.1) is 17.0 Å². The van der Waals surface area contributed by atoms with E-state index in [9.17, 15) is 8.78 Å². The average Bonchev–Trinajstić information content (AvgIpc) is 2.73. The number of nitrogens with zero attached hydrogens (tertiary/aromatic N) is 4. The first-order valence-corrected chi connectivity index (χ1v) is 8.83. The van der Waals surface area contributed by atoms with Gasteiger partial charge in [-0.2, -0.15) is 0 Å². The van der Waals surface area contributed by atoms with Gasteiger partial charge in [-0.05, 0) is 42.5 Å². The van der Waals surface area contributed by atoms with Gasteiger partial charge in [0.2, 0.25) is 0 Å². The highest BCUT2D eigenvalue weighted by molar-refractivity contribution is 6.05. The SMILES string of the molecule is Nc1nccc2c(-c3cc(-c4c(F)cccc4F)nc4ncccc34)nccc12. The molecule has 0 spiro atoms. The zero-order chi connectivity index (χ0) is 20.0. The maximum Gasteiger partial charge on any atom is 0.160 e. The molecule has 5 nitrogen and oxygen atoms in total. The van der Waals surface area contributed by atoms with E-state index in [0.717, 1.165) is 10.8 Å². The lowest BCUT2D eigenvalue weighted by Crippen LogP contribution is -1.98. The van der Waals surface area contributed by atoms with Crippen LogP contribution in [0.15, 0.2) is 67.1 Å². The molecule has 0 amide bonds. The minimum atomic E-state index is -0.696. The first-order valence-electron chi connectivity index (χ1n) is 8.83. The van der Waals surface area contributed by atoms with Crippen LogP contribution in [0.25, 0.3) is 44.3 Å². The Morgan fingerprint density at radius 2 is 1.48 bits per heavy atom. The van der Waals surface area contributed by atoms with Crippen LogP contribution >= 0.6 is 0 Å². The zero-order valence-electron chi connectivity index (χ0n) is 15.0. The first kappa shape index (κ1) is 17.1. The quantitative estimate of drug-likeness (QED) is 0.474. The number of nitrogen functional groups attached to an aromatic ring is 1. The largest absolute Gasteiger partial charge is 0.383 e. The Hall–Kier alpha value is -4.00. The Labute approximate surface area is 163 Å². The van der Waals surface area contributed by atoms with E-state index in [4.69, 9.17) is 5.73 Å². The molecule has 0 aliphatic rings. The van der Waals surface area contributed by atoms with Crippen LogP contribution in [0.1, 0.15) is 0 Å². The molecule has 0 atom stereocenters. The molecular weight excluding hydrogens is 372 g/mol. The highest BCUT2D eigenvalue weighted by Crippen LogP contribution is 2.36. The van der Waals surface area contributed by atoms with Gasteiger partial charge in [-0.3, -0.25) is 4.98 Å². The molecule has 0 aliphatic heterocycles. The first-order chi connectivity index (χ1) is 14.1. The third-order valence-corrected chi connectivity index (χ3v) is 4.78. The minimum Gasteiger partial charge on any atom is -0.383 e. The molecule has 0 unspecified atom stereocenters. The fourth-order valence-electron chi connectivity index (χ4n) is 3.47. The Morgan fingerprint density at radius 3 is 2.31 bits per heavy atom. The second kappa shape index (κ2) is 6.56. The van der Waals surface area contributed by atoms with Crippen LogP contribution < -0.4 is 5.73 Å². The van der Waals surface area contributed by atoms with Crippen LogP contribution in [-0.2, 0) is 0 Å². The van der Waals surface area contributed by atoms with E-state index in [1.165, 1.54) is 18.2 Å². The molecule has 0 aliphatic carbocycles. The molecule has 0 radical (unpaired) electrons. The monoisotopic (exact) mass is 385 g/mol. The summed E-state index contributed by atoms with van der Waals surface area (Å²) in [4.78, 5) is 17.3. The van der Waals surface area contributed by atoms with Crippen molar-refractivity contribution in [2.75, 3.05) is 5.73 Å². The summed E-state index contributed by atoms with van der Waals surface area (Å²) < 4.78 is 28.9. The summed E-state index contributed by atoms with van der Waals surface area (Å²) >= 11 is 0. The lowest BCUT2D eigenvalue weighted by Gasteiger charge is -2.12. The van der Waals surface area contributed by atoms with Gasteiger partial charge >= 0.3 is 0 Å². The minimum absolute atomic E-state index is 0.141. The second-order valence-corrected chi connectivity index (χ2v) is 6.48. The number of anilines is 1. The number of benzene rings is 1. The van der Waals surface area contributed by atoms with E-state index < -0.39 is 11.6 Å². The summed E-state index contributed by atoms with van der Waals surface area (Å²) in [5.41, 5.74) is 7.57. The number of aromatic nitrogens is 4. The molecular formula is C22H13F2N5.